The van der Waals surface area contributed by atoms with E-state index < -0.39 is 0 Å². The van der Waals surface area contributed by atoms with E-state index in [0.717, 1.165) is 33.3 Å². The van der Waals surface area contributed by atoms with E-state index in [1.54, 1.807) is 11.8 Å². The van der Waals surface area contributed by atoms with Gasteiger partial charge in [0.05, 0.1) is 18.8 Å². The Morgan fingerprint density at radius 3 is 2.67 bits per heavy atom. The second-order valence-electron chi connectivity index (χ2n) is 4.87. The summed E-state index contributed by atoms with van der Waals surface area (Å²) in [4.78, 5) is 2.01. The lowest BCUT2D eigenvalue weighted by atomic mass is 10.2. The predicted octanol–water partition coefficient (Wildman–Crippen LogP) is 4.18. The summed E-state index contributed by atoms with van der Waals surface area (Å²) in [6.07, 6.45) is 0.896. The number of hydrogen-bond acceptors (Lipinski definition) is 4. The minimum Gasteiger partial charge on any atom is -0.490 e. The van der Waals surface area contributed by atoms with E-state index >= 15 is 0 Å². The van der Waals surface area contributed by atoms with Gasteiger partial charge in [-0.2, -0.15) is 5.26 Å². The molecule has 0 amide bonds. The van der Waals surface area contributed by atoms with Gasteiger partial charge < -0.3 is 9.47 Å². The third-order valence-corrected chi connectivity index (χ3v) is 4.25. The summed E-state index contributed by atoms with van der Waals surface area (Å²) >= 11 is 1.57. The molecule has 4 heteroatoms. The molecule has 0 N–H and O–H groups in total. The van der Waals surface area contributed by atoms with Gasteiger partial charge in [0, 0.05) is 16.2 Å². The van der Waals surface area contributed by atoms with Crippen molar-refractivity contribution in [2.24, 2.45) is 0 Å². The second-order valence-corrected chi connectivity index (χ2v) is 5.99. The summed E-state index contributed by atoms with van der Waals surface area (Å²) in [7, 11) is 0. The zero-order chi connectivity index (χ0) is 14.7. The molecule has 2 aromatic carbocycles. The Morgan fingerprint density at radius 2 is 1.86 bits per heavy atom. The van der Waals surface area contributed by atoms with Gasteiger partial charge in [-0.3, -0.25) is 0 Å². The summed E-state index contributed by atoms with van der Waals surface area (Å²) in [5, 5.41) is 9.21. The number of nitrogens with zero attached hydrogens (tertiary/aromatic N) is 1. The lowest BCUT2D eigenvalue weighted by Crippen LogP contribution is -1.97. The Morgan fingerprint density at radius 1 is 1.05 bits per heavy atom. The van der Waals surface area contributed by atoms with Crippen molar-refractivity contribution in [1.29, 1.82) is 5.26 Å². The highest BCUT2D eigenvalue weighted by atomic mass is 32.2. The molecule has 0 atom stereocenters. The van der Waals surface area contributed by atoms with E-state index in [1.165, 1.54) is 0 Å². The number of nitriles is 1. The van der Waals surface area contributed by atoms with Gasteiger partial charge in [0.1, 0.15) is 6.07 Å². The van der Waals surface area contributed by atoms with Crippen molar-refractivity contribution >= 4 is 11.8 Å². The Labute approximate surface area is 128 Å². The average molecular weight is 297 g/mol. The standard InChI is InChI=1S/C17H15NO2S/c1-12-3-4-13(11-18)17(9-12)21-14-5-6-15-16(10-14)20-8-2-7-19-15/h3-6,9-10H,2,7-8H2,1H3. The van der Waals surface area contributed by atoms with Crippen LogP contribution in [0.5, 0.6) is 11.5 Å². The van der Waals surface area contributed by atoms with E-state index in [4.69, 9.17) is 9.47 Å². The van der Waals surface area contributed by atoms with Gasteiger partial charge in [-0.1, -0.05) is 17.8 Å². The van der Waals surface area contributed by atoms with Crippen molar-refractivity contribution in [3.05, 3.63) is 47.5 Å². The highest BCUT2D eigenvalue weighted by molar-refractivity contribution is 7.99. The molecule has 3 rings (SSSR count). The number of fused-ring (bicyclic) bond motifs is 1. The van der Waals surface area contributed by atoms with Crippen LogP contribution in [0.4, 0.5) is 0 Å². The van der Waals surface area contributed by atoms with Gasteiger partial charge in [0.15, 0.2) is 11.5 Å². The van der Waals surface area contributed by atoms with Crippen molar-refractivity contribution in [3.63, 3.8) is 0 Å². The normalized spacial score (nSPS) is 13.3. The number of hydrogen-bond donors (Lipinski definition) is 0. The number of rotatable bonds is 2. The van der Waals surface area contributed by atoms with Crippen molar-refractivity contribution in [2.75, 3.05) is 13.2 Å². The maximum Gasteiger partial charge on any atom is 0.162 e. The molecule has 2 aromatic rings. The molecule has 106 valence electrons. The largest absolute Gasteiger partial charge is 0.490 e. The second kappa shape index (κ2) is 6.11. The number of benzene rings is 2. The number of ether oxygens (including phenoxy) is 2. The lowest BCUT2D eigenvalue weighted by Gasteiger charge is -2.10. The van der Waals surface area contributed by atoms with Crippen LogP contribution in [0.3, 0.4) is 0 Å². The smallest absolute Gasteiger partial charge is 0.162 e. The summed E-state index contributed by atoms with van der Waals surface area (Å²) < 4.78 is 11.3. The summed E-state index contributed by atoms with van der Waals surface area (Å²) in [6.45, 7) is 3.39. The van der Waals surface area contributed by atoms with Gasteiger partial charge in [0.25, 0.3) is 0 Å². The zero-order valence-corrected chi connectivity index (χ0v) is 12.6. The van der Waals surface area contributed by atoms with Crippen molar-refractivity contribution < 1.29 is 9.47 Å². The first kappa shape index (κ1) is 13.8. The zero-order valence-electron chi connectivity index (χ0n) is 11.8. The highest BCUT2D eigenvalue weighted by Crippen LogP contribution is 2.37. The van der Waals surface area contributed by atoms with Crippen LogP contribution in [0.1, 0.15) is 17.5 Å². The van der Waals surface area contributed by atoms with Crippen molar-refractivity contribution in [3.8, 4) is 17.6 Å². The first-order valence-corrected chi connectivity index (χ1v) is 7.66. The van der Waals surface area contributed by atoms with E-state index in [1.807, 2.05) is 43.3 Å². The van der Waals surface area contributed by atoms with E-state index in [9.17, 15) is 5.26 Å². The molecular formula is C17H15NO2S. The molecule has 0 unspecified atom stereocenters. The van der Waals surface area contributed by atoms with Crippen LogP contribution in [-0.2, 0) is 0 Å². The molecule has 3 nitrogen and oxygen atoms in total. The molecule has 0 fully saturated rings. The molecule has 0 bridgehead atoms. The Kier molecular flexibility index (Phi) is 4.03. The molecular weight excluding hydrogens is 282 g/mol. The predicted molar refractivity (Wildman–Crippen MR) is 82.1 cm³/mol. The minimum absolute atomic E-state index is 0.676. The highest BCUT2D eigenvalue weighted by Gasteiger charge is 2.12. The average Bonchev–Trinajstić information content (AvgIpc) is 2.72. The molecule has 0 aliphatic carbocycles. The van der Waals surface area contributed by atoms with Crippen LogP contribution < -0.4 is 9.47 Å². The number of aryl methyl sites for hydroxylation is 1. The van der Waals surface area contributed by atoms with E-state index in [0.29, 0.717) is 18.8 Å². The van der Waals surface area contributed by atoms with Gasteiger partial charge in [-0.25, -0.2) is 0 Å². The minimum atomic E-state index is 0.676. The third-order valence-electron chi connectivity index (χ3n) is 3.20. The first-order chi connectivity index (χ1) is 10.3. The van der Waals surface area contributed by atoms with Crippen molar-refractivity contribution in [2.45, 2.75) is 23.1 Å². The molecule has 1 heterocycles. The maximum absolute atomic E-state index is 9.21. The topological polar surface area (TPSA) is 42.2 Å². The molecule has 0 saturated carbocycles. The van der Waals surface area contributed by atoms with Crippen molar-refractivity contribution in [1.82, 2.24) is 0 Å². The van der Waals surface area contributed by atoms with Gasteiger partial charge >= 0.3 is 0 Å². The van der Waals surface area contributed by atoms with Gasteiger partial charge in [-0.15, -0.1) is 0 Å². The molecule has 0 aromatic heterocycles. The summed E-state index contributed by atoms with van der Waals surface area (Å²) in [5.74, 6) is 1.57. The quantitative estimate of drug-likeness (QED) is 0.834. The van der Waals surface area contributed by atoms with E-state index in [2.05, 4.69) is 6.07 Å². The molecule has 0 spiro atoms. The van der Waals surface area contributed by atoms with Crippen LogP contribution in [0.25, 0.3) is 0 Å². The molecule has 0 saturated heterocycles. The maximum atomic E-state index is 9.21. The van der Waals surface area contributed by atoms with Crippen LogP contribution >= 0.6 is 11.8 Å². The van der Waals surface area contributed by atoms with E-state index in [-0.39, 0.29) is 0 Å². The molecule has 1 aliphatic heterocycles. The fourth-order valence-corrected chi connectivity index (χ4v) is 3.16. The molecule has 0 radical (unpaired) electrons. The third kappa shape index (κ3) is 3.14. The first-order valence-electron chi connectivity index (χ1n) is 6.84. The SMILES string of the molecule is Cc1ccc(C#N)c(Sc2ccc3c(c2)OCCCO3)c1. The van der Waals surface area contributed by atoms with Crippen LogP contribution in [-0.4, -0.2) is 13.2 Å². The van der Waals surface area contributed by atoms with Crippen LogP contribution in [0.15, 0.2) is 46.2 Å². The summed E-state index contributed by atoms with van der Waals surface area (Å²) in [5.41, 5.74) is 1.84. The Hall–Kier alpha value is -2.12. The van der Waals surface area contributed by atoms with Gasteiger partial charge in [0.2, 0.25) is 0 Å². The monoisotopic (exact) mass is 297 g/mol. The fourth-order valence-electron chi connectivity index (χ4n) is 2.14. The molecule has 21 heavy (non-hydrogen) atoms. The van der Waals surface area contributed by atoms with Crippen LogP contribution in [0.2, 0.25) is 0 Å². The van der Waals surface area contributed by atoms with Crippen LogP contribution in [0, 0.1) is 18.3 Å². The van der Waals surface area contributed by atoms with Gasteiger partial charge in [-0.05, 0) is 42.8 Å². The molecule has 1 aliphatic rings. The fraction of sp³-hybridized carbons (Fsp3) is 0.235. The lowest BCUT2D eigenvalue weighted by molar-refractivity contribution is 0.297. The Balaban J connectivity index is 1.90. The summed E-state index contributed by atoms with van der Waals surface area (Å²) in [6, 6.07) is 14.0. The Bertz CT molecular complexity index is 706.